The number of rotatable bonds is 4. The molecule has 7 aromatic carbocycles. The van der Waals surface area contributed by atoms with Crippen LogP contribution in [0.15, 0.2) is 155 Å². The Morgan fingerprint density at radius 1 is 0.512 bits per heavy atom. The van der Waals surface area contributed by atoms with E-state index in [9.17, 15) is 9.60 Å². The molecule has 0 N–H and O–H groups in total. The van der Waals surface area contributed by atoms with E-state index in [-0.39, 0.29) is 20.2 Å². The minimum Gasteiger partial charge on any atom is -0.455 e. The Bertz CT molecular complexity index is 3820. The molecule has 9 aromatic rings. The molecule has 0 saturated carbocycles. The first-order valence-electron chi connectivity index (χ1n) is 25.0. The zero-order valence-electron chi connectivity index (χ0n) is 46.3. The van der Waals surface area contributed by atoms with Crippen molar-refractivity contribution in [2.24, 2.45) is 0 Å². The maximum atomic E-state index is 9.52. The molecular weight excluding hydrogens is 543 g/mol. The first-order chi connectivity index (χ1) is 31.7. The standard InChI is InChI=1S/C40H25NOS/c1-2-10-29(11-3-1)41(35-14-8-15-36-39(35)33-23-19-27-9-4-5-12-31(27)40(33)42-36)30-21-17-26(18-22-30)28-20-24-38-34(25-28)32-13-6-7-16-37(32)43-38/h1-25H/i1D,2D,3D,4D,5D,6D,7D,8D,9D,10D,11D,12D,13D,14D,15D,16D,17D,18D,19D,20D,21D,22D,23D,24D,25D. The summed E-state index contributed by atoms with van der Waals surface area (Å²) in [5.41, 5.74) is -5.51. The number of anilines is 3. The number of nitrogens with zero attached hydrogens (tertiary/aromatic N) is 1. The molecule has 0 radical (unpaired) electrons. The second-order valence-corrected chi connectivity index (χ2v) is 10.0. The molecular formula is C40H25NOS. The molecule has 0 fully saturated rings. The number of thiophene rings is 1. The Morgan fingerprint density at radius 3 is 2.12 bits per heavy atom. The van der Waals surface area contributed by atoms with Gasteiger partial charge in [-0.15, -0.1) is 11.3 Å². The van der Waals surface area contributed by atoms with Crippen molar-refractivity contribution in [1.82, 2.24) is 0 Å². The second-order valence-electron chi connectivity index (χ2n) is 9.03. The van der Waals surface area contributed by atoms with Crippen molar-refractivity contribution in [1.29, 1.82) is 0 Å². The van der Waals surface area contributed by atoms with Crippen molar-refractivity contribution in [3.63, 3.8) is 0 Å². The van der Waals surface area contributed by atoms with Gasteiger partial charge >= 0.3 is 0 Å². The van der Waals surface area contributed by atoms with E-state index in [1.807, 2.05) is 0 Å². The van der Waals surface area contributed by atoms with Gasteiger partial charge in [-0.25, -0.2) is 0 Å². The van der Waals surface area contributed by atoms with E-state index in [1.165, 1.54) is 0 Å². The van der Waals surface area contributed by atoms with Gasteiger partial charge in [0.05, 0.1) is 45.3 Å². The molecule has 0 spiro atoms. The molecule has 0 saturated heterocycles. The third kappa shape index (κ3) is 3.86. The Labute approximate surface area is 287 Å². The van der Waals surface area contributed by atoms with Gasteiger partial charge in [-0.1, -0.05) is 90.6 Å². The average Bonchev–Trinajstić information content (AvgIpc) is 3.91. The molecule has 2 heterocycles. The van der Waals surface area contributed by atoms with E-state index >= 15 is 0 Å². The van der Waals surface area contributed by atoms with Crippen molar-refractivity contribution in [2.45, 2.75) is 0 Å². The average molecular weight is 593 g/mol. The summed E-state index contributed by atoms with van der Waals surface area (Å²) >= 11 is 0.708. The Morgan fingerprint density at radius 2 is 1.23 bits per heavy atom. The number of furan rings is 1. The zero-order valence-corrected chi connectivity index (χ0v) is 22.1. The lowest BCUT2D eigenvalue weighted by atomic mass is 10.0. The quantitative estimate of drug-likeness (QED) is 0.202. The molecule has 202 valence electrons. The third-order valence-corrected chi connectivity index (χ3v) is 7.65. The van der Waals surface area contributed by atoms with Gasteiger partial charge in [0.2, 0.25) is 0 Å². The van der Waals surface area contributed by atoms with Crippen LogP contribution in [-0.4, -0.2) is 0 Å². The second kappa shape index (κ2) is 9.59. The van der Waals surface area contributed by atoms with Crippen molar-refractivity contribution >= 4 is 81.3 Å². The lowest BCUT2D eigenvalue weighted by Crippen LogP contribution is -2.10. The lowest BCUT2D eigenvalue weighted by molar-refractivity contribution is 0.672. The summed E-state index contributed by atoms with van der Waals surface area (Å²) in [5.74, 6) is 0. The van der Waals surface area contributed by atoms with Gasteiger partial charge in [0.25, 0.3) is 0 Å². The van der Waals surface area contributed by atoms with E-state index in [1.54, 1.807) is 0 Å². The van der Waals surface area contributed by atoms with Crippen molar-refractivity contribution in [2.75, 3.05) is 4.90 Å². The summed E-state index contributed by atoms with van der Waals surface area (Å²) < 4.78 is 227. The minimum atomic E-state index is -1.14. The summed E-state index contributed by atoms with van der Waals surface area (Å²) in [5, 5.41) is -2.55. The minimum absolute atomic E-state index is 0.0628. The molecule has 0 amide bonds. The van der Waals surface area contributed by atoms with E-state index in [0.717, 1.165) is 0 Å². The van der Waals surface area contributed by atoms with Crippen LogP contribution in [0.5, 0.6) is 0 Å². The molecule has 9 rings (SSSR count). The topological polar surface area (TPSA) is 16.4 Å². The number of hydrogen-bond donors (Lipinski definition) is 0. The summed E-state index contributed by atoms with van der Waals surface area (Å²) in [6.07, 6.45) is 0. The highest BCUT2D eigenvalue weighted by atomic mass is 32.1. The summed E-state index contributed by atoms with van der Waals surface area (Å²) in [4.78, 5) is 0.514. The largest absolute Gasteiger partial charge is 0.455 e. The van der Waals surface area contributed by atoms with Gasteiger partial charge in [0.15, 0.2) is 0 Å². The normalized spacial score (nSPS) is 19.9. The van der Waals surface area contributed by atoms with Crippen LogP contribution >= 0.6 is 11.3 Å². The van der Waals surface area contributed by atoms with Crippen LogP contribution < -0.4 is 4.90 Å². The van der Waals surface area contributed by atoms with Crippen LogP contribution in [0.2, 0.25) is 0 Å². The molecule has 2 nitrogen and oxygen atoms in total. The van der Waals surface area contributed by atoms with Gasteiger partial charge < -0.3 is 9.32 Å². The molecule has 0 atom stereocenters. The van der Waals surface area contributed by atoms with Crippen LogP contribution in [0.25, 0.3) is 64.0 Å². The van der Waals surface area contributed by atoms with Gasteiger partial charge in [0.1, 0.15) is 11.2 Å². The Balaban J connectivity index is 1.49. The molecule has 0 aliphatic rings. The van der Waals surface area contributed by atoms with Gasteiger partial charge in [-0.2, -0.15) is 0 Å². The highest BCUT2D eigenvalue weighted by molar-refractivity contribution is 7.25. The fourth-order valence-electron chi connectivity index (χ4n) is 4.78. The fourth-order valence-corrected chi connectivity index (χ4v) is 5.70. The van der Waals surface area contributed by atoms with Crippen LogP contribution in [0.3, 0.4) is 0 Å². The van der Waals surface area contributed by atoms with E-state index < -0.39 is 212 Å². The predicted octanol–water partition coefficient (Wildman–Crippen LogP) is 12.2. The predicted molar refractivity (Wildman–Crippen MR) is 184 cm³/mol. The highest BCUT2D eigenvalue weighted by Crippen LogP contribution is 2.44. The molecule has 43 heavy (non-hydrogen) atoms. The summed E-state index contributed by atoms with van der Waals surface area (Å²) in [6.45, 7) is 0. The number of hydrogen-bond acceptors (Lipinski definition) is 3. The Hall–Kier alpha value is -5.38. The van der Waals surface area contributed by atoms with E-state index in [0.29, 0.717) is 16.2 Å². The van der Waals surface area contributed by atoms with Crippen LogP contribution in [0.1, 0.15) is 34.3 Å². The summed E-state index contributed by atoms with van der Waals surface area (Å²) in [7, 11) is 0. The number of benzene rings is 7. The van der Waals surface area contributed by atoms with Crippen LogP contribution in [0.4, 0.5) is 17.1 Å². The fraction of sp³-hybridized carbons (Fsp3) is 0. The number of fused-ring (bicyclic) bond motifs is 8. The van der Waals surface area contributed by atoms with Crippen LogP contribution in [0, 0.1) is 0 Å². The highest BCUT2D eigenvalue weighted by Gasteiger charge is 2.20. The first kappa shape index (κ1) is 10.1. The molecule has 0 aliphatic carbocycles. The van der Waals surface area contributed by atoms with E-state index in [2.05, 4.69) is 0 Å². The first-order valence-corrected chi connectivity index (χ1v) is 13.3. The van der Waals surface area contributed by atoms with Gasteiger partial charge in [0, 0.05) is 42.3 Å². The molecule has 0 aliphatic heterocycles. The van der Waals surface area contributed by atoms with Gasteiger partial charge in [-0.3, -0.25) is 0 Å². The maximum absolute atomic E-state index is 9.52. The van der Waals surface area contributed by atoms with E-state index in [4.69, 9.17) is 29.1 Å². The number of para-hydroxylation sites is 1. The molecule has 0 bridgehead atoms. The van der Waals surface area contributed by atoms with Gasteiger partial charge in [-0.05, 0) is 76.9 Å². The van der Waals surface area contributed by atoms with Crippen LogP contribution in [-0.2, 0) is 0 Å². The monoisotopic (exact) mass is 592 g/mol. The lowest BCUT2D eigenvalue weighted by Gasteiger charge is -2.26. The summed E-state index contributed by atoms with van der Waals surface area (Å²) in [6, 6.07) is -21.6. The van der Waals surface area contributed by atoms with Crippen molar-refractivity contribution in [3.8, 4) is 11.1 Å². The smallest absolute Gasteiger partial charge is 0.143 e. The zero-order chi connectivity index (χ0) is 50.1. The van der Waals surface area contributed by atoms with Crippen molar-refractivity contribution in [3.05, 3.63) is 151 Å². The molecule has 3 heteroatoms. The SMILES string of the molecule is [2H]c1c([2H])c([2H])c(N(c2c([2H])c([2H])c(-c3c([2H])c([2H])c4sc5c([2H])c([2H])c([2H])c([2H])c5c4c3[2H])c([2H])c2[2H])c2c([2H])c([2H])c([2H])c3oc4c5c([2H])c([2H])c([2H])c([2H])c5c([2H])c([2H])c4c23)c([2H])c1[2H]. The molecule has 2 aromatic heterocycles. The molecule has 0 unspecified atom stereocenters. The van der Waals surface area contributed by atoms with Crippen molar-refractivity contribution < 1.29 is 38.7 Å². The Kier molecular flexibility index (Phi) is 2.26. The third-order valence-electron chi connectivity index (χ3n) is 6.63. The maximum Gasteiger partial charge on any atom is 0.143 e.